The summed E-state index contributed by atoms with van der Waals surface area (Å²) < 4.78 is 4.84. The minimum atomic E-state index is -0.290. The number of rotatable bonds is 7. The fraction of sp³-hybridized carbons (Fsp3) is 0.955. The molecule has 0 aromatic heterocycles. The Morgan fingerprint density at radius 3 is 2.50 bits per heavy atom. The monoisotopic (exact) mass is 368 g/mol. The maximum atomic E-state index is 11.7. The number of fused-ring (bicyclic) bond motifs is 1. The van der Waals surface area contributed by atoms with Crippen LogP contribution in [0.5, 0.6) is 0 Å². The molecule has 2 N–H and O–H groups in total. The van der Waals surface area contributed by atoms with Crippen molar-refractivity contribution in [2.45, 2.75) is 91.3 Å². The van der Waals surface area contributed by atoms with Gasteiger partial charge in [-0.1, -0.05) is 47.0 Å². The summed E-state index contributed by atoms with van der Waals surface area (Å²) in [6.07, 6.45) is 7.10. The molecule has 0 aliphatic heterocycles. The van der Waals surface area contributed by atoms with Crippen LogP contribution in [0, 0.1) is 35.0 Å². The average Bonchev–Trinajstić information content (AvgIpc) is 2.62. The number of methoxy groups -OCH3 is 1. The van der Waals surface area contributed by atoms with Crippen LogP contribution in [0.25, 0.3) is 0 Å². The van der Waals surface area contributed by atoms with E-state index < -0.39 is 0 Å². The number of hydrogen-bond acceptors (Lipinski definition) is 4. The molecule has 2 rings (SSSR count). The maximum absolute atomic E-state index is 11.7. The summed E-state index contributed by atoms with van der Waals surface area (Å²) >= 11 is 0. The van der Waals surface area contributed by atoms with Gasteiger partial charge in [-0.3, -0.25) is 4.79 Å². The van der Waals surface area contributed by atoms with Gasteiger partial charge in [-0.25, -0.2) is 0 Å². The second kappa shape index (κ2) is 9.05. The van der Waals surface area contributed by atoms with Crippen LogP contribution in [0.1, 0.15) is 79.1 Å². The van der Waals surface area contributed by atoms with Gasteiger partial charge in [-0.2, -0.15) is 0 Å². The fourth-order valence-corrected chi connectivity index (χ4v) is 6.40. The number of carbonyl (C=O) groups excluding carboxylic acids is 1. The Morgan fingerprint density at radius 2 is 1.92 bits per heavy atom. The highest BCUT2D eigenvalue weighted by Crippen LogP contribution is 2.59. The number of esters is 1. The molecule has 152 valence electrons. The highest BCUT2D eigenvalue weighted by Gasteiger charge is 2.56. The Bertz CT molecular complexity index is 465. The first kappa shape index (κ1) is 21.7. The SMILES string of the molecule is CCC1C(CCCC(C)C(=O)OC)[C@H](O)[C@H](CC)[C@@H]2C[C@H](O)CC[C@]12C. The first-order valence-electron chi connectivity index (χ1n) is 10.7. The molecule has 2 fully saturated rings. The second-order valence-corrected chi connectivity index (χ2v) is 9.14. The third-order valence-electron chi connectivity index (χ3n) is 7.84. The molecule has 4 heteroatoms. The molecule has 0 amide bonds. The lowest BCUT2D eigenvalue weighted by atomic mass is 9.47. The Hall–Kier alpha value is -0.610. The van der Waals surface area contributed by atoms with Crippen molar-refractivity contribution in [1.29, 1.82) is 0 Å². The van der Waals surface area contributed by atoms with Crippen molar-refractivity contribution in [3.63, 3.8) is 0 Å². The van der Waals surface area contributed by atoms with Crippen LogP contribution in [-0.4, -0.2) is 35.5 Å². The van der Waals surface area contributed by atoms with E-state index in [0.717, 1.165) is 51.4 Å². The van der Waals surface area contributed by atoms with Crippen molar-refractivity contribution in [2.75, 3.05) is 7.11 Å². The lowest BCUT2D eigenvalue weighted by Crippen LogP contribution is -2.57. The van der Waals surface area contributed by atoms with E-state index in [1.807, 2.05) is 6.92 Å². The standard InChI is InChI=1S/C22H40O4/c1-6-16-19-13-15(23)11-12-22(19,4)18(7-2)17(20(16)24)10-8-9-14(3)21(25)26-5/h14-20,23-24H,6-13H2,1-5H3/t14?,15-,16-,17?,18?,19+,20-,22-/m1/s1. The number of ether oxygens (including phenoxy) is 1. The molecule has 2 aliphatic carbocycles. The Labute approximate surface area is 159 Å². The normalized spacial score (nSPS) is 41.3. The quantitative estimate of drug-likeness (QED) is 0.662. The van der Waals surface area contributed by atoms with Crippen LogP contribution in [0.3, 0.4) is 0 Å². The molecule has 8 atom stereocenters. The summed E-state index contributed by atoms with van der Waals surface area (Å²) in [6, 6.07) is 0. The van der Waals surface area contributed by atoms with Crippen LogP contribution in [-0.2, 0) is 9.53 Å². The van der Waals surface area contributed by atoms with E-state index in [9.17, 15) is 15.0 Å². The molecule has 0 bridgehead atoms. The molecule has 2 aliphatic rings. The van der Waals surface area contributed by atoms with Crippen molar-refractivity contribution in [1.82, 2.24) is 0 Å². The molecular formula is C22H40O4. The number of carbonyl (C=O) groups is 1. The molecular weight excluding hydrogens is 328 g/mol. The number of aliphatic hydroxyl groups is 2. The van der Waals surface area contributed by atoms with Gasteiger partial charge in [-0.05, 0) is 61.2 Å². The minimum absolute atomic E-state index is 0.0732. The van der Waals surface area contributed by atoms with Crippen LogP contribution in [0.2, 0.25) is 0 Å². The minimum Gasteiger partial charge on any atom is -0.469 e. The summed E-state index contributed by atoms with van der Waals surface area (Å²) in [7, 11) is 1.45. The third-order valence-corrected chi connectivity index (χ3v) is 7.84. The van der Waals surface area contributed by atoms with Gasteiger partial charge in [0, 0.05) is 0 Å². The number of aliphatic hydroxyl groups excluding tert-OH is 2. The van der Waals surface area contributed by atoms with Gasteiger partial charge in [0.1, 0.15) is 0 Å². The van der Waals surface area contributed by atoms with E-state index in [2.05, 4.69) is 20.8 Å². The molecule has 0 saturated heterocycles. The van der Waals surface area contributed by atoms with Crippen molar-refractivity contribution in [2.24, 2.45) is 35.0 Å². The van der Waals surface area contributed by atoms with E-state index in [1.54, 1.807) is 0 Å². The molecule has 0 aromatic carbocycles. The first-order chi connectivity index (χ1) is 12.3. The van der Waals surface area contributed by atoms with Crippen molar-refractivity contribution in [3.05, 3.63) is 0 Å². The van der Waals surface area contributed by atoms with Gasteiger partial charge >= 0.3 is 5.97 Å². The summed E-state index contributed by atoms with van der Waals surface area (Å²) in [6.45, 7) is 8.77. The zero-order valence-electron chi connectivity index (χ0n) is 17.4. The molecule has 4 nitrogen and oxygen atoms in total. The predicted molar refractivity (Wildman–Crippen MR) is 104 cm³/mol. The fourth-order valence-electron chi connectivity index (χ4n) is 6.40. The Morgan fingerprint density at radius 1 is 1.23 bits per heavy atom. The molecule has 3 unspecified atom stereocenters. The summed E-state index contributed by atoms with van der Waals surface area (Å²) in [4.78, 5) is 11.7. The van der Waals surface area contributed by atoms with Gasteiger partial charge in [0.2, 0.25) is 0 Å². The van der Waals surface area contributed by atoms with Gasteiger partial charge in [0.15, 0.2) is 0 Å². The third kappa shape index (κ3) is 4.11. The van der Waals surface area contributed by atoms with Crippen molar-refractivity contribution < 1.29 is 19.7 Å². The van der Waals surface area contributed by atoms with Gasteiger partial charge in [0.05, 0.1) is 25.2 Å². The Balaban J connectivity index is 2.13. The predicted octanol–water partition coefficient (Wildman–Crippen LogP) is 4.18. The van der Waals surface area contributed by atoms with Gasteiger partial charge < -0.3 is 14.9 Å². The lowest BCUT2D eigenvalue weighted by molar-refractivity contribution is -0.162. The zero-order chi connectivity index (χ0) is 19.5. The zero-order valence-corrected chi connectivity index (χ0v) is 17.4. The van der Waals surface area contributed by atoms with Crippen LogP contribution >= 0.6 is 0 Å². The summed E-state index contributed by atoms with van der Waals surface area (Å²) in [5.41, 5.74) is 0.215. The van der Waals surface area contributed by atoms with E-state index in [1.165, 1.54) is 7.11 Å². The van der Waals surface area contributed by atoms with Crippen molar-refractivity contribution >= 4 is 5.97 Å². The van der Waals surface area contributed by atoms with Crippen LogP contribution in [0.4, 0.5) is 0 Å². The van der Waals surface area contributed by atoms with Crippen LogP contribution in [0.15, 0.2) is 0 Å². The second-order valence-electron chi connectivity index (χ2n) is 9.14. The van der Waals surface area contributed by atoms with Gasteiger partial charge in [0.25, 0.3) is 0 Å². The highest BCUT2D eigenvalue weighted by atomic mass is 16.5. The average molecular weight is 369 g/mol. The topological polar surface area (TPSA) is 66.8 Å². The largest absolute Gasteiger partial charge is 0.469 e. The molecule has 0 heterocycles. The molecule has 0 aromatic rings. The molecule has 0 radical (unpaired) electrons. The molecule has 26 heavy (non-hydrogen) atoms. The van der Waals surface area contributed by atoms with E-state index in [4.69, 9.17) is 4.74 Å². The van der Waals surface area contributed by atoms with Crippen LogP contribution < -0.4 is 0 Å². The molecule has 2 saturated carbocycles. The van der Waals surface area contributed by atoms with E-state index in [0.29, 0.717) is 17.8 Å². The molecule has 0 spiro atoms. The number of hydrogen-bond donors (Lipinski definition) is 2. The first-order valence-corrected chi connectivity index (χ1v) is 10.7. The maximum Gasteiger partial charge on any atom is 0.308 e. The summed E-state index contributed by atoms with van der Waals surface area (Å²) in [5.74, 6) is 1.27. The van der Waals surface area contributed by atoms with Gasteiger partial charge in [-0.15, -0.1) is 0 Å². The van der Waals surface area contributed by atoms with E-state index >= 15 is 0 Å². The van der Waals surface area contributed by atoms with Crippen molar-refractivity contribution in [3.8, 4) is 0 Å². The Kier molecular flexibility index (Phi) is 7.55. The van der Waals surface area contributed by atoms with E-state index in [-0.39, 0.29) is 35.4 Å². The summed E-state index contributed by atoms with van der Waals surface area (Å²) in [5, 5.41) is 21.5. The lowest BCUT2D eigenvalue weighted by Gasteiger charge is -2.59. The smallest absolute Gasteiger partial charge is 0.308 e. The highest BCUT2D eigenvalue weighted by molar-refractivity contribution is 5.71.